The van der Waals surface area contributed by atoms with Gasteiger partial charge in [0, 0.05) is 18.3 Å². The molecule has 0 aliphatic rings. The first-order valence-electron chi connectivity index (χ1n) is 6.01. The molecule has 0 aliphatic carbocycles. The maximum atomic E-state index is 11.7. The lowest BCUT2D eigenvalue weighted by atomic mass is 10.1. The van der Waals surface area contributed by atoms with Gasteiger partial charge in [-0.2, -0.15) is 0 Å². The third kappa shape index (κ3) is 3.52. The van der Waals surface area contributed by atoms with Crippen molar-refractivity contribution in [1.82, 2.24) is 20.2 Å². The number of nitrogens with zero attached hydrogens (tertiary/aromatic N) is 4. The Kier molecular flexibility index (Phi) is 5.60. The molecule has 0 saturated carbocycles. The summed E-state index contributed by atoms with van der Waals surface area (Å²) >= 11 is 0. The molecule has 1 aromatic heterocycles. The van der Waals surface area contributed by atoms with Gasteiger partial charge in [-0.1, -0.05) is 19.1 Å². The number of aromatic nitrogens is 4. The lowest BCUT2D eigenvalue weighted by Crippen LogP contribution is -2.34. The molecule has 0 aliphatic heterocycles. The molecule has 1 heterocycles. The Morgan fingerprint density at radius 3 is 2.85 bits per heavy atom. The first kappa shape index (κ1) is 16.1. The Morgan fingerprint density at radius 2 is 2.25 bits per heavy atom. The summed E-state index contributed by atoms with van der Waals surface area (Å²) in [7, 11) is 1.76. The molecule has 2 rings (SSSR count). The summed E-state index contributed by atoms with van der Waals surface area (Å²) in [6.45, 7) is 1.87. The van der Waals surface area contributed by atoms with Crippen LogP contribution in [-0.4, -0.2) is 32.2 Å². The van der Waals surface area contributed by atoms with Crippen molar-refractivity contribution in [3.63, 3.8) is 0 Å². The van der Waals surface area contributed by atoms with E-state index in [1.165, 1.54) is 0 Å². The molecule has 1 aromatic carbocycles. The second-order valence-corrected chi connectivity index (χ2v) is 4.21. The molecule has 7 nitrogen and oxygen atoms in total. The standard InChI is InChI=1S/C12H16N6O.ClH/c1-3-10(13)12(19)14-9-6-4-5-8(7-9)11-15-16-17-18(11)2;/h4-7,10H,3,13H2,1-2H3,(H,14,19);1H/t10-;/m0./s1. The molecule has 0 fully saturated rings. The Bertz CT molecular complexity index is 585. The van der Waals surface area contributed by atoms with Crippen molar-refractivity contribution in [2.75, 3.05) is 5.32 Å². The summed E-state index contributed by atoms with van der Waals surface area (Å²) in [5.74, 6) is 0.437. The molecular formula is C12H17ClN6O. The van der Waals surface area contributed by atoms with Gasteiger partial charge in [0.15, 0.2) is 5.82 Å². The molecule has 0 spiro atoms. The zero-order valence-corrected chi connectivity index (χ0v) is 12.1. The summed E-state index contributed by atoms with van der Waals surface area (Å²) in [5, 5.41) is 14.1. The fourth-order valence-electron chi connectivity index (χ4n) is 1.63. The predicted octanol–water partition coefficient (Wildman–Crippen LogP) is 0.975. The molecular weight excluding hydrogens is 280 g/mol. The van der Waals surface area contributed by atoms with Crippen LogP contribution in [0.2, 0.25) is 0 Å². The molecule has 1 atom stereocenters. The number of hydrogen-bond acceptors (Lipinski definition) is 5. The average Bonchev–Trinajstić information content (AvgIpc) is 2.84. The van der Waals surface area contributed by atoms with Gasteiger partial charge in [-0.25, -0.2) is 4.68 Å². The second-order valence-electron chi connectivity index (χ2n) is 4.21. The Balaban J connectivity index is 0.00000200. The van der Waals surface area contributed by atoms with Gasteiger partial charge in [0.2, 0.25) is 5.91 Å². The number of anilines is 1. The fraction of sp³-hybridized carbons (Fsp3) is 0.333. The van der Waals surface area contributed by atoms with Gasteiger partial charge >= 0.3 is 0 Å². The van der Waals surface area contributed by atoms with E-state index in [0.29, 0.717) is 17.9 Å². The fourth-order valence-corrected chi connectivity index (χ4v) is 1.63. The third-order valence-corrected chi connectivity index (χ3v) is 2.79. The van der Waals surface area contributed by atoms with Gasteiger partial charge in [0.25, 0.3) is 0 Å². The number of benzene rings is 1. The molecule has 0 unspecified atom stereocenters. The van der Waals surface area contributed by atoms with Crippen LogP contribution in [-0.2, 0) is 11.8 Å². The quantitative estimate of drug-likeness (QED) is 0.876. The number of rotatable bonds is 4. The Hall–Kier alpha value is -1.99. The van der Waals surface area contributed by atoms with E-state index < -0.39 is 6.04 Å². The van der Waals surface area contributed by atoms with Gasteiger partial charge in [-0.3, -0.25) is 4.79 Å². The molecule has 0 radical (unpaired) electrons. The topological polar surface area (TPSA) is 98.7 Å². The first-order valence-corrected chi connectivity index (χ1v) is 6.01. The Labute approximate surface area is 123 Å². The van der Waals surface area contributed by atoms with Crippen molar-refractivity contribution in [3.8, 4) is 11.4 Å². The van der Waals surface area contributed by atoms with Gasteiger partial charge in [0.1, 0.15) is 0 Å². The summed E-state index contributed by atoms with van der Waals surface area (Å²) in [4.78, 5) is 11.7. The zero-order valence-electron chi connectivity index (χ0n) is 11.3. The number of nitrogens with two attached hydrogens (primary N) is 1. The average molecular weight is 297 g/mol. The highest BCUT2D eigenvalue weighted by atomic mass is 35.5. The van der Waals surface area contributed by atoms with E-state index in [2.05, 4.69) is 20.8 Å². The molecule has 0 bridgehead atoms. The van der Waals surface area contributed by atoms with E-state index in [9.17, 15) is 4.79 Å². The van der Waals surface area contributed by atoms with Crippen LogP contribution in [0.4, 0.5) is 5.69 Å². The van der Waals surface area contributed by atoms with Crippen molar-refractivity contribution in [3.05, 3.63) is 24.3 Å². The highest BCUT2D eigenvalue weighted by molar-refractivity contribution is 5.95. The largest absolute Gasteiger partial charge is 0.325 e. The Morgan fingerprint density at radius 1 is 1.50 bits per heavy atom. The third-order valence-electron chi connectivity index (χ3n) is 2.79. The van der Waals surface area contributed by atoms with Crippen LogP contribution >= 0.6 is 12.4 Å². The number of amides is 1. The maximum Gasteiger partial charge on any atom is 0.241 e. The lowest BCUT2D eigenvalue weighted by Gasteiger charge is -2.10. The predicted molar refractivity (Wildman–Crippen MR) is 78.4 cm³/mol. The zero-order chi connectivity index (χ0) is 13.8. The van der Waals surface area contributed by atoms with E-state index in [0.717, 1.165) is 5.56 Å². The van der Waals surface area contributed by atoms with Crippen molar-refractivity contribution in [2.45, 2.75) is 19.4 Å². The highest BCUT2D eigenvalue weighted by Gasteiger charge is 2.12. The van der Waals surface area contributed by atoms with Gasteiger partial charge < -0.3 is 11.1 Å². The number of carbonyl (C=O) groups excluding carboxylic acids is 1. The molecule has 108 valence electrons. The highest BCUT2D eigenvalue weighted by Crippen LogP contribution is 2.19. The van der Waals surface area contributed by atoms with Crippen LogP contribution in [0, 0.1) is 0 Å². The number of hydrogen-bond donors (Lipinski definition) is 2. The van der Waals surface area contributed by atoms with Crippen LogP contribution in [0.25, 0.3) is 11.4 Å². The van der Waals surface area contributed by atoms with Crippen LogP contribution in [0.1, 0.15) is 13.3 Å². The molecule has 3 N–H and O–H groups in total. The van der Waals surface area contributed by atoms with E-state index >= 15 is 0 Å². The van der Waals surface area contributed by atoms with E-state index in [4.69, 9.17) is 5.73 Å². The number of tetrazole rings is 1. The van der Waals surface area contributed by atoms with Gasteiger partial charge in [-0.15, -0.1) is 17.5 Å². The van der Waals surface area contributed by atoms with Crippen molar-refractivity contribution in [1.29, 1.82) is 0 Å². The number of halogens is 1. The summed E-state index contributed by atoms with van der Waals surface area (Å²) in [5.41, 5.74) is 7.18. The minimum Gasteiger partial charge on any atom is -0.325 e. The summed E-state index contributed by atoms with van der Waals surface area (Å²) in [6.07, 6.45) is 0.596. The van der Waals surface area contributed by atoms with E-state index in [1.807, 2.05) is 25.1 Å². The summed E-state index contributed by atoms with van der Waals surface area (Å²) in [6, 6.07) is 6.82. The SMILES string of the molecule is CC[C@H](N)C(=O)Nc1cccc(-c2nnnn2C)c1.Cl. The van der Waals surface area contributed by atoms with Crippen molar-refractivity contribution < 1.29 is 4.79 Å². The van der Waals surface area contributed by atoms with Crippen LogP contribution in [0.15, 0.2) is 24.3 Å². The number of carbonyl (C=O) groups is 1. The van der Waals surface area contributed by atoms with E-state index in [1.54, 1.807) is 17.8 Å². The van der Waals surface area contributed by atoms with Gasteiger partial charge in [0.05, 0.1) is 6.04 Å². The lowest BCUT2D eigenvalue weighted by molar-refractivity contribution is -0.117. The van der Waals surface area contributed by atoms with Crippen LogP contribution in [0.3, 0.4) is 0 Å². The van der Waals surface area contributed by atoms with Crippen LogP contribution in [0.5, 0.6) is 0 Å². The molecule has 8 heteroatoms. The maximum absolute atomic E-state index is 11.7. The molecule has 20 heavy (non-hydrogen) atoms. The number of aryl methyl sites for hydroxylation is 1. The minimum absolute atomic E-state index is 0. The molecule has 1 amide bonds. The van der Waals surface area contributed by atoms with Crippen LogP contribution < -0.4 is 11.1 Å². The van der Waals surface area contributed by atoms with Crippen molar-refractivity contribution in [2.24, 2.45) is 12.8 Å². The second kappa shape index (κ2) is 6.97. The molecule has 2 aromatic rings. The van der Waals surface area contributed by atoms with Crippen molar-refractivity contribution >= 4 is 24.0 Å². The van der Waals surface area contributed by atoms with E-state index in [-0.39, 0.29) is 18.3 Å². The number of nitrogens with one attached hydrogen (secondary N) is 1. The summed E-state index contributed by atoms with van der Waals surface area (Å²) < 4.78 is 1.57. The minimum atomic E-state index is -0.500. The smallest absolute Gasteiger partial charge is 0.241 e. The van der Waals surface area contributed by atoms with Gasteiger partial charge in [-0.05, 0) is 29.0 Å². The normalized spacial score (nSPS) is 11.6. The monoisotopic (exact) mass is 296 g/mol. The molecule has 0 saturated heterocycles. The first-order chi connectivity index (χ1) is 9.11.